The van der Waals surface area contributed by atoms with Crippen LogP contribution in [0, 0.1) is 24.6 Å². The van der Waals surface area contributed by atoms with Gasteiger partial charge in [-0.25, -0.2) is 14.1 Å². The van der Waals surface area contributed by atoms with Crippen LogP contribution in [-0.2, 0) is 0 Å². The topological polar surface area (TPSA) is 52.7 Å². The Morgan fingerprint density at radius 2 is 2.12 bits per heavy atom. The first-order chi connectivity index (χ1) is 11.7. The van der Waals surface area contributed by atoms with Crippen molar-refractivity contribution in [2.45, 2.75) is 13.0 Å². The quantitative estimate of drug-likeness (QED) is 0.584. The maximum Gasteiger partial charge on any atom is 0.139 e. The summed E-state index contributed by atoms with van der Waals surface area (Å²) in [5.74, 6) is 5.77. The zero-order valence-electron chi connectivity index (χ0n) is 13.1. The number of aromatic nitrogens is 3. The molecule has 1 aliphatic rings. The zero-order chi connectivity index (χ0) is 16.5. The first-order valence-electron chi connectivity index (χ1n) is 7.72. The van der Waals surface area contributed by atoms with Gasteiger partial charge in [0.25, 0.3) is 0 Å². The molecule has 0 bridgehead atoms. The molecule has 1 aliphatic heterocycles. The van der Waals surface area contributed by atoms with E-state index in [1.54, 1.807) is 16.9 Å². The Morgan fingerprint density at radius 3 is 2.88 bits per heavy atom. The molecule has 1 atom stereocenters. The average molecular weight is 318 g/mol. The molecule has 3 aromatic rings. The molecule has 2 aromatic heterocycles. The fraction of sp³-hybridized carbons (Fsp3) is 0.158. The monoisotopic (exact) mass is 318 g/mol. The van der Waals surface area contributed by atoms with Crippen molar-refractivity contribution in [1.29, 1.82) is 0 Å². The largest absolute Gasteiger partial charge is 0.307 e. The maximum absolute atomic E-state index is 13.9. The Morgan fingerprint density at radius 1 is 1.25 bits per heavy atom. The summed E-state index contributed by atoms with van der Waals surface area (Å²) in [6, 6.07) is 10.8. The normalized spacial score (nSPS) is 15.7. The summed E-state index contributed by atoms with van der Waals surface area (Å²) in [6.07, 6.45) is 3.57. The molecule has 118 valence electrons. The predicted molar refractivity (Wildman–Crippen MR) is 89.2 cm³/mol. The van der Waals surface area contributed by atoms with E-state index in [2.05, 4.69) is 27.2 Å². The third-order valence-electron chi connectivity index (χ3n) is 3.85. The highest BCUT2D eigenvalue weighted by Crippen LogP contribution is 2.25. The van der Waals surface area contributed by atoms with Crippen molar-refractivity contribution in [2.24, 2.45) is 0 Å². The molecule has 1 aromatic carbocycles. The third-order valence-corrected chi connectivity index (χ3v) is 3.85. The molecule has 24 heavy (non-hydrogen) atoms. The number of hydrogen-bond donors (Lipinski definition) is 1. The van der Waals surface area contributed by atoms with Crippen LogP contribution in [0.2, 0.25) is 0 Å². The molecule has 1 saturated heterocycles. The number of aryl methyl sites for hydroxylation is 1. The van der Waals surface area contributed by atoms with Gasteiger partial charge in [0.05, 0.1) is 5.69 Å². The second-order valence-corrected chi connectivity index (χ2v) is 5.77. The lowest BCUT2D eigenvalue weighted by Gasteiger charge is -2.04. The van der Waals surface area contributed by atoms with Crippen molar-refractivity contribution in [2.75, 3.05) is 6.54 Å². The summed E-state index contributed by atoms with van der Waals surface area (Å²) in [5, 5.41) is 7.67. The molecule has 5 heteroatoms. The van der Waals surface area contributed by atoms with E-state index in [9.17, 15) is 4.39 Å². The van der Waals surface area contributed by atoms with Crippen molar-refractivity contribution >= 4 is 0 Å². The zero-order valence-corrected chi connectivity index (χ0v) is 13.1. The van der Waals surface area contributed by atoms with Crippen LogP contribution < -0.4 is 5.32 Å². The summed E-state index contributed by atoms with van der Waals surface area (Å²) < 4.78 is 15.5. The highest BCUT2D eigenvalue weighted by atomic mass is 19.1. The van der Waals surface area contributed by atoms with Gasteiger partial charge >= 0.3 is 0 Å². The lowest BCUT2D eigenvalue weighted by Crippen LogP contribution is -1.98. The van der Waals surface area contributed by atoms with Gasteiger partial charge in [-0.2, -0.15) is 5.10 Å². The molecule has 1 unspecified atom stereocenters. The number of benzene rings is 1. The lowest BCUT2D eigenvalue weighted by molar-refractivity contribution is 0.622. The number of pyridine rings is 1. The molecule has 0 saturated carbocycles. The number of hydrogen-bond acceptors (Lipinski definition) is 3. The van der Waals surface area contributed by atoms with E-state index >= 15 is 0 Å². The van der Waals surface area contributed by atoms with Crippen molar-refractivity contribution in [1.82, 2.24) is 20.1 Å². The minimum Gasteiger partial charge on any atom is -0.307 e. The van der Waals surface area contributed by atoms with Gasteiger partial charge in [-0.3, -0.25) is 0 Å². The molecule has 0 amide bonds. The summed E-state index contributed by atoms with van der Waals surface area (Å²) in [6.45, 7) is 2.83. The second-order valence-electron chi connectivity index (χ2n) is 5.77. The summed E-state index contributed by atoms with van der Waals surface area (Å²) in [5.41, 5.74) is 3.94. The molecule has 0 spiro atoms. The molecule has 3 heterocycles. The Bertz CT molecular complexity index is 946. The predicted octanol–water partition coefficient (Wildman–Crippen LogP) is 2.76. The standard InChI is InChI=1S/C19H15FN4/c1-13-12-24(17-9-14(19-11-22-19)8-15(20)10-17)23-18(13)6-5-16-4-2-3-7-21-16/h2-4,7-10,12,19,22H,11H2,1H3. The first kappa shape index (κ1) is 14.6. The SMILES string of the molecule is Cc1cn(-c2cc(F)cc(C3CN3)c2)nc1C#Cc1ccccn1. The van der Waals surface area contributed by atoms with Crippen LogP contribution in [0.1, 0.15) is 28.6 Å². The third kappa shape index (κ3) is 3.05. The van der Waals surface area contributed by atoms with Gasteiger partial charge in [0.15, 0.2) is 0 Å². The van der Waals surface area contributed by atoms with Crippen molar-refractivity contribution in [3.8, 4) is 17.5 Å². The van der Waals surface area contributed by atoms with Gasteiger partial charge in [-0.15, -0.1) is 0 Å². The summed E-state index contributed by atoms with van der Waals surface area (Å²) >= 11 is 0. The van der Waals surface area contributed by atoms with E-state index in [0.29, 0.717) is 17.1 Å². The Labute approximate surface area is 139 Å². The van der Waals surface area contributed by atoms with Crippen LogP contribution in [-0.4, -0.2) is 21.3 Å². The highest BCUT2D eigenvalue weighted by Gasteiger charge is 2.23. The number of rotatable bonds is 2. The van der Waals surface area contributed by atoms with E-state index in [1.807, 2.05) is 37.4 Å². The van der Waals surface area contributed by atoms with Crippen LogP contribution in [0.15, 0.2) is 48.8 Å². The van der Waals surface area contributed by atoms with Crippen LogP contribution >= 0.6 is 0 Å². The molecule has 4 rings (SSSR count). The maximum atomic E-state index is 13.9. The second kappa shape index (κ2) is 5.91. The molecule has 1 fully saturated rings. The van der Waals surface area contributed by atoms with Gasteiger partial charge in [0.1, 0.15) is 17.2 Å². The fourth-order valence-corrected chi connectivity index (χ4v) is 2.50. The molecule has 0 aliphatic carbocycles. The van der Waals surface area contributed by atoms with Gasteiger partial charge in [-0.05, 0) is 54.7 Å². The van der Waals surface area contributed by atoms with Crippen LogP contribution in [0.3, 0.4) is 0 Å². The average Bonchev–Trinajstić information content (AvgIpc) is 3.37. The van der Waals surface area contributed by atoms with Crippen LogP contribution in [0.4, 0.5) is 4.39 Å². The van der Waals surface area contributed by atoms with Crippen molar-refractivity contribution in [3.63, 3.8) is 0 Å². The van der Waals surface area contributed by atoms with E-state index in [1.165, 1.54) is 6.07 Å². The van der Waals surface area contributed by atoms with E-state index in [4.69, 9.17) is 0 Å². The molecular weight excluding hydrogens is 303 g/mol. The fourth-order valence-electron chi connectivity index (χ4n) is 2.50. The Balaban J connectivity index is 1.68. The number of halogens is 1. The summed E-state index contributed by atoms with van der Waals surface area (Å²) in [7, 11) is 0. The van der Waals surface area contributed by atoms with Crippen LogP contribution in [0.5, 0.6) is 0 Å². The van der Waals surface area contributed by atoms with E-state index in [-0.39, 0.29) is 11.9 Å². The number of nitrogens with one attached hydrogen (secondary N) is 1. The van der Waals surface area contributed by atoms with Crippen LogP contribution in [0.25, 0.3) is 5.69 Å². The number of nitrogens with zero attached hydrogens (tertiary/aromatic N) is 3. The van der Waals surface area contributed by atoms with Crippen molar-refractivity contribution < 1.29 is 4.39 Å². The van der Waals surface area contributed by atoms with Gasteiger partial charge < -0.3 is 5.32 Å². The molecular formula is C19H15FN4. The van der Waals surface area contributed by atoms with Gasteiger partial charge in [0.2, 0.25) is 0 Å². The smallest absolute Gasteiger partial charge is 0.139 e. The highest BCUT2D eigenvalue weighted by molar-refractivity contribution is 5.43. The first-order valence-corrected chi connectivity index (χ1v) is 7.72. The molecule has 0 radical (unpaired) electrons. The Hall–Kier alpha value is -2.97. The van der Waals surface area contributed by atoms with E-state index < -0.39 is 0 Å². The summed E-state index contributed by atoms with van der Waals surface area (Å²) in [4.78, 5) is 4.17. The van der Waals surface area contributed by atoms with E-state index in [0.717, 1.165) is 17.7 Å². The Kier molecular flexibility index (Phi) is 3.60. The molecule has 1 N–H and O–H groups in total. The van der Waals surface area contributed by atoms with Gasteiger partial charge in [0, 0.05) is 30.5 Å². The minimum atomic E-state index is -0.259. The lowest BCUT2D eigenvalue weighted by atomic mass is 10.1. The minimum absolute atomic E-state index is 0.250. The van der Waals surface area contributed by atoms with Crippen molar-refractivity contribution in [3.05, 3.63) is 77.1 Å². The molecule has 4 nitrogen and oxygen atoms in total. The van der Waals surface area contributed by atoms with Gasteiger partial charge in [-0.1, -0.05) is 6.07 Å².